The second-order valence-electron chi connectivity index (χ2n) is 2.26. The molecule has 4 nitrogen and oxygen atoms in total. The molecule has 0 saturated carbocycles. The zero-order valence-electron chi connectivity index (χ0n) is 6.25. The van der Waals surface area contributed by atoms with E-state index in [4.69, 9.17) is 5.11 Å². The largest absolute Gasteiger partial charge is 0.477 e. The van der Waals surface area contributed by atoms with Crippen molar-refractivity contribution >= 4 is 5.97 Å². The van der Waals surface area contributed by atoms with Crippen LogP contribution in [0.2, 0.25) is 0 Å². The first kappa shape index (κ1) is 9.37. The van der Waals surface area contributed by atoms with E-state index in [9.17, 15) is 18.4 Å². The van der Waals surface area contributed by atoms with E-state index >= 15 is 0 Å². The van der Waals surface area contributed by atoms with Crippen molar-refractivity contribution in [2.75, 3.05) is 0 Å². The zero-order valence-corrected chi connectivity index (χ0v) is 6.25. The molecular weight excluding hydrogens is 184 g/mol. The third kappa shape index (κ3) is 1.90. The molecule has 0 fully saturated rings. The van der Waals surface area contributed by atoms with Gasteiger partial charge in [0.15, 0.2) is 0 Å². The fourth-order valence-corrected chi connectivity index (χ4v) is 0.845. The van der Waals surface area contributed by atoms with E-state index in [0.29, 0.717) is 0 Å². The predicted molar refractivity (Wildman–Crippen MR) is 39.0 cm³/mol. The van der Waals surface area contributed by atoms with Crippen molar-refractivity contribution in [3.05, 3.63) is 33.7 Å². The van der Waals surface area contributed by atoms with Crippen molar-refractivity contribution in [1.29, 1.82) is 0 Å². The molecule has 1 aromatic heterocycles. The molecular formula is C7H5F2NO3. The smallest absolute Gasteiger partial charge is 0.352 e. The van der Waals surface area contributed by atoms with Gasteiger partial charge in [-0.3, -0.25) is 4.79 Å². The molecule has 0 bridgehead atoms. The molecule has 0 spiro atoms. The summed E-state index contributed by atoms with van der Waals surface area (Å²) < 4.78 is 24.3. The van der Waals surface area contributed by atoms with E-state index in [2.05, 4.69) is 0 Å². The number of alkyl halides is 2. The van der Waals surface area contributed by atoms with E-state index in [1.54, 1.807) is 0 Å². The molecule has 0 aliphatic rings. The molecule has 0 radical (unpaired) electrons. The Balaban J connectivity index is 3.35. The molecule has 13 heavy (non-hydrogen) atoms. The van der Waals surface area contributed by atoms with Gasteiger partial charge in [0.25, 0.3) is 6.43 Å². The first-order chi connectivity index (χ1) is 6.02. The van der Waals surface area contributed by atoms with Gasteiger partial charge in [-0.15, -0.1) is 0 Å². The first-order valence-electron chi connectivity index (χ1n) is 3.27. The lowest BCUT2D eigenvalue weighted by atomic mass is 10.2. The van der Waals surface area contributed by atoms with Gasteiger partial charge < -0.3 is 10.1 Å². The number of carboxylic acid groups (broad SMARTS) is 1. The van der Waals surface area contributed by atoms with Crippen LogP contribution in [0.15, 0.2) is 16.9 Å². The van der Waals surface area contributed by atoms with Gasteiger partial charge in [-0.25, -0.2) is 13.6 Å². The Morgan fingerprint density at radius 2 is 2.08 bits per heavy atom. The highest BCUT2D eigenvalue weighted by Crippen LogP contribution is 2.19. The molecule has 70 valence electrons. The van der Waals surface area contributed by atoms with Gasteiger partial charge in [-0.1, -0.05) is 0 Å². The molecule has 0 aromatic carbocycles. The van der Waals surface area contributed by atoms with Gasteiger partial charge >= 0.3 is 5.97 Å². The SMILES string of the molecule is O=C(O)c1[nH]c(=O)ccc1C(F)F. The van der Waals surface area contributed by atoms with E-state index in [0.717, 1.165) is 12.1 Å². The normalized spacial score (nSPS) is 10.4. The van der Waals surface area contributed by atoms with E-state index in [-0.39, 0.29) is 0 Å². The van der Waals surface area contributed by atoms with Crippen LogP contribution in [0, 0.1) is 0 Å². The van der Waals surface area contributed by atoms with Gasteiger partial charge in [-0.05, 0) is 6.07 Å². The lowest BCUT2D eigenvalue weighted by Gasteiger charge is -2.02. The number of carbonyl (C=O) groups is 1. The summed E-state index contributed by atoms with van der Waals surface area (Å²) >= 11 is 0. The van der Waals surface area contributed by atoms with Crippen LogP contribution in [0.1, 0.15) is 22.5 Å². The van der Waals surface area contributed by atoms with Crippen molar-refractivity contribution in [2.24, 2.45) is 0 Å². The van der Waals surface area contributed by atoms with Crippen LogP contribution in [0.25, 0.3) is 0 Å². The van der Waals surface area contributed by atoms with E-state index in [1.807, 2.05) is 4.98 Å². The van der Waals surface area contributed by atoms with Crippen LogP contribution >= 0.6 is 0 Å². The second kappa shape index (κ2) is 3.34. The van der Waals surface area contributed by atoms with E-state index < -0.39 is 29.2 Å². The number of aromatic nitrogens is 1. The minimum Gasteiger partial charge on any atom is -0.477 e. The summed E-state index contributed by atoms with van der Waals surface area (Å²) in [6.07, 6.45) is -2.91. The Bertz CT molecular complexity index is 386. The lowest BCUT2D eigenvalue weighted by molar-refractivity contribution is 0.0676. The third-order valence-corrected chi connectivity index (χ3v) is 1.40. The van der Waals surface area contributed by atoms with Crippen molar-refractivity contribution in [2.45, 2.75) is 6.43 Å². The van der Waals surface area contributed by atoms with E-state index in [1.165, 1.54) is 0 Å². The fourth-order valence-electron chi connectivity index (χ4n) is 0.845. The van der Waals surface area contributed by atoms with Gasteiger partial charge in [0.05, 0.1) is 0 Å². The Kier molecular flexibility index (Phi) is 2.41. The number of nitrogens with one attached hydrogen (secondary N) is 1. The topological polar surface area (TPSA) is 70.2 Å². The number of hydrogen-bond donors (Lipinski definition) is 2. The molecule has 1 heterocycles. The quantitative estimate of drug-likeness (QED) is 0.729. The molecule has 0 aliphatic carbocycles. The number of pyridine rings is 1. The van der Waals surface area contributed by atoms with Crippen molar-refractivity contribution < 1.29 is 18.7 Å². The highest BCUT2D eigenvalue weighted by molar-refractivity contribution is 5.87. The molecule has 1 rings (SSSR count). The predicted octanol–water partition coefficient (Wildman–Crippen LogP) is 1.01. The van der Waals surface area contributed by atoms with Gasteiger partial charge in [0.1, 0.15) is 5.69 Å². The molecule has 0 unspecified atom stereocenters. The highest BCUT2D eigenvalue weighted by atomic mass is 19.3. The lowest BCUT2D eigenvalue weighted by Crippen LogP contribution is -2.14. The number of rotatable bonds is 2. The average Bonchev–Trinajstić information content (AvgIpc) is 2.03. The number of halogens is 2. The number of aromatic amines is 1. The van der Waals surface area contributed by atoms with Gasteiger partial charge in [0, 0.05) is 11.6 Å². The number of aromatic carboxylic acids is 1. The van der Waals surface area contributed by atoms with Crippen LogP contribution in [-0.2, 0) is 0 Å². The fraction of sp³-hybridized carbons (Fsp3) is 0.143. The highest BCUT2D eigenvalue weighted by Gasteiger charge is 2.18. The van der Waals surface area contributed by atoms with Gasteiger partial charge in [-0.2, -0.15) is 0 Å². The van der Waals surface area contributed by atoms with Crippen LogP contribution in [0.5, 0.6) is 0 Å². The summed E-state index contributed by atoms with van der Waals surface area (Å²) in [6, 6.07) is 1.65. The van der Waals surface area contributed by atoms with Crippen LogP contribution < -0.4 is 5.56 Å². The molecule has 0 amide bonds. The third-order valence-electron chi connectivity index (χ3n) is 1.40. The summed E-state index contributed by atoms with van der Waals surface area (Å²) in [5, 5.41) is 8.44. The maximum Gasteiger partial charge on any atom is 0.352 e. The monoisotopic (exact) mass is 189 g/mol. The summed E-state index contributed by atoms with van der Waals surface area (Å²) in [4.78, 5) is 22.8. The Morgan fingerprint density at radius 3 is 2.54 bits per heavy atom. The molecule has 0 saturated heterocycles. The van der Waals surface area contributed by atoms with Crippen molar-refractivity contribution in [3.8, 4) is 0 Å². The maximum absolute atomic E-state index is 12.1. The molecule has 0 aliphatic heterocycles. The molecule has 6 heteroatoms. The molecule has 0 atom stereocenters. The van der Waals surface area contributed by atoms with Crippen LogP contribution in [-0.4, -0.2) is 16.1 Å². The minimum atomic E-state index is -2.91. The molecule has 1 aromatic rings. The minimum absolute atomic E-state index is 0.688. The summed E-state index contributed by atoms with van der Waals surface area (Å²) in [7, 11) is 0. The number of H-pyrrole nitrogens is 1. The van der Waals surface area contributed by atoms with Crippen LogP contribution in [0.4, 0.5) is 8.78 Å². The Morgan fingerprint density at radius 1 is 1.46 bits per heavy atom. The summed E-state index contributed by atoms with van der Waals surface area (Å²) in [5.74, 6) is -1.58. The Labute approximate surface area is 70.8 Å². The standard InChI is InChI=1S/C7H5F2NO3/c8-6(9)3-1-2-4(11)10-5(3)7(12)13/h1-2,6H,(H,10,11)(H,12,13). The van der Waals surface area contributed by atoms with Crippen molar-refractivity contribution in [3.63, 3.8) is 0 Å². The average molecular weight is 189 g/mol. The summed E-state index contributed by atoms with van der Waals surface area (Å²) in [5.41, 5.74) is -2.17. The van der Waals surface area contributed by atoms with Crippen molar-refractivity contribution in [1.82, 2.24) is 4.98 Å². The maximum atomic E-state index is 12.1. The number of hydrogen-bond acceptors (Lipinski definition) is 2. The molecule has 2 N–H and O–H groups in total. The zero-order chi connectivity index (χ0) is 10.0. The van der Waals surface area contributed by atoms with Crippen LogP contribution in [0.3, 0.4) is 0 Å². The first-order valence-corrected chi connectivity index (χ1v) is 3.27. The Hall–Kier alpha value is -1.72. The number of carboxylic acids is 1. The van der Waals surface area contributed by atoms with Gasteiger partial charge in [0.2, 0.25) is 5.56 Å². The summed E-state index contributed by atoms with van der Waals surface area (Å²) in [6.45, 7) is 0. The second-order valence-corrected chi connectivity index (χ2v) is 2.26.